The summed E-state index contributed by atoms with van der Waals surface area (Å²) >= 11 is 0. The Morgan fingerprint density at radius 2 is 1.61 bits per heavy atom. The van der Waals surface area contributed by atoms with Crippen molar-refractivity contribution in [2.75, 3.05) is 20.2 Å². The molecule has 49 heavy (non-hydrogen) atoms. The van der Waals surface area contributed by atoms with Gasteiger partial charge in [0.2, 0.25) is 0 Å². The Labute approximate surface area is 292 Å². The van der Waals surface area contributed by atoms with Crippen LogP contribution in [-0.4, -0.2) is 42.0 Å². The topological polar surface area (TPSA) is 54.5 Å². The van der Waals surface area contributed by atoms with Crippen LogP contribution in [0.1, 0.15) is 57.1 Å². The lowest BCUT2D eigenvalue weighted by Crippen LogP contribution is -2.57. The molecule has 5 unspecified atom stereocenters. The molecule has 3 aliphatic heterocycles. The Morgan fingerprint density at radius 3 is 2.22 bits per heavy atom. The predicted molar refractivity (Wildman–Crippen MR) is 204 cm³/mol. The fraction of sp³-hybridized carbons (Fsp3) is 0.302. The summed E-state index contributed by atoms with van der Waals surface area (Å²) in [6, 6.07) is 29.4. The van der Waals surface area contributed by atoms with Gasteiger partial charge in [-0.05, 0) is 141 Å². The van der Waals surface area contributed by atoms with Crippen molar-refractivity contribution >= 4 is 40.6 Å². The first kappa shape index (κ1) is 33.2. The number of methoxy groups -OCH3 is 1. The summed E-state index contributed by atoms with van der Waals surface area (Å²) in [5.41, 5.74) is 7.72. The molecule has 1 amide bonds. The highest BCUT2D eigenvalue weighted by atomic mass is 31.1. The first-order valence-electron chi connectivity index (χ1n) is 17.4. The Kier molecular flexibility index (Phi) is 9.42. The van der Waals surface area contributed by atoms with Gasteiger partial charge >= 0.3 is 0 Å². The van der Waals surface area contributed by atoms with E-state index in [0.717, 1.165) is 59.0 Å². The fourth-order valence-corrected chi connectivity index (χ4v) is 11.5. The molecule has 5 nitrogen and oxygen atoms in total. The van der Waals surface area contributed by atoms with Crippen LogP contribution in [0.5, 0.6) is 5.75 Å². The molecule has 3 saturated heterocycles. The van der Waals surface area contributed by atoms with Gasteiger partial charge in [-0.1, -0.05) is 60.7 Å². The highest BCUT2D eigenvalue weighted by Crippen LogP contribution is 2.43. The summed E-state index contributed by atoms with van der Waals surface area (Å²) < 4.78 is 5.66. The first-order chi connectivity index (χ1) is 23.8. The number of carbonyl (C=O) groups is 1. The number of piperidine rings is 3. The average Bonchev–Trinajstić information content (AvgIpc) is 3.12. The number of hydrogen-bond donors (Lipinski definition) is 1. The number of pyridine rings is 1. The molecule has 0 aliphatic carbocycles. The van der Waals surface area contributed by atoms with Gasteiger partial charge in [-0.25, -0.2) is 0 Å². The van der Waals surface area contributed by atoms with Crippen LogP contribution in [0.2, 0.25) is 0 Å². The van der Waals surface area contributed by atoms with Gasteiger partial charge < -0.3 is 10.1 Å². The van der Waals surface area contributed by atoms with E-state index >= 15 is 4.79 Å². The Bertz CT molecular complexity index is 1950. The average molecular weight is 668 g/mol. The van der Waals surface area contributed by atoms with E-state index < -0.39 is 7.92 Å². The minimum absolute atomic E-state index is 0.0404. The lowest BCUT2D eigenvalue weighted by atomic mass is 9.73. The molecule has 6 heteroatoms. The summed E-state index contributed by atoms with van der Waals surface area (Å²) in [4.78, 5) is 22.3. The van der Waals surface area contributed by atoms with Gasteiger partial charge in [0.25, 0.3) is 5.91 Å². The van der Waals surface area contributed by atoms with Crippen LogP contribution >= 0.6 is 7.92 Å². The number of hydrogen-bond acceptors (Lipinski definition) is 4. The third-order valence-electron chi connectivity index (χ3n) is 10.9. The minimum Gasteiger partial charge on any atom is -0.497 e. The molecule has 0 radical (unpaired) electrons. The zero-order valence-electron chi connectivity index (χ0n) is 29.2. The van der Waals surface area contributed by atoms with Crippen molar-refractivity contribution in [3.8, 4) is 5.75 Å². The summed E-state index contributed by atoms with van der Waals surface area (Å²) in [5, 5.41) is 8.40. The zero-order valence-corrected chi connectivity index (χ0v) is 30.1. The highest BCUT2D eigenvalue weighted by molar-refractivity contribution is 7.80. The molecule has 1 N–H and O–H groups in total. The smallest absolute Gasteiger partial charge is 0.252 e. The third-order valence-corrected chi connectivity index (χ3v) is 14.0. The first-order valence-corrected chi connectivity index (χ1v) is 18.7. The summed E-state index contributed by atoms with van der Waals surface area (Å²) in [6.07, 6.45) is 6.18. The second-order valence-electron chi connectivity index (χ2n) is 13.8. The van der Waals surface area contributed by atoms with Crippen LogP contribution in [-0.2, 0) is 0 Å². The second-order valence-corrected chi connectivity index (χ2v) is 15.9. The van der Waals surface area contributed by atoms with Crippen molar-refractivity contribution in [3.05, 3.63) is 137 Å². The van der Waals surface area contributed by atoms with Crippen molar-refractivity contribution in [3.63, 3.8) is 0 Å². The van der Waals surface area contributed by atoms with Gasteiger partial charge in [0.1, 0.15) is 5.75 Å². The number of aromatic nitrogens is 1. The van der Waals surface area contributed by atoms with Crippen molar-refractivity contribution in [2.24, 2.45) is 11.8 Å². The van der Waals surface area contributed by atoms with E-state index in [1.54, 1.807) is 7.11 Å². The van der Waals surface area contributed by atoms with Gasteiger partial charge in [0, 0.05) is 29.7 Å². The second kappa shape index (κ2) is 13.9. The predicted octanol–water partition coefficient (Wildman–Crippen LogP) is 7.60. The SMILES string of the molecule is C=CC1CN2CCC1CC2C(NC(=O)c1ccccc1P(c1c(C)cccc1C)c1c(C)cccc1C)c1ccnc2ccc(OC)cc12. The molecule has 0 saturated carbocycles. The van der Waals surface area contributed by atoms with Crippen molar-refractivity contribution < 1.29 is 9.53 Å². The Morgan fingerprint density at radius 1 is 0.939 bits per heavy atom. The largest absolute Gasteiger partial charge is 0.497 e. The number of aryl methyl sites for hydroxylation is 4. The monoisotopic (exact) mass is 667 g/mol. The van der Waals surface area contributed by atoms with E-state index in [4.69, 9.17) is 9.72 Å². The number of ether oxygens (including phenoxy) is 1. The minimum atomic E-state index is -1.03. The normalized spacial score (nSPS) is 20.7. The number of fused-ring (bicyclic) bond motifs is 4. The summed E-state index contributed by atoms with van der Waals surface area (Å²) in [7, 11) is 0.660. The maximum absolute atomic E-state index is 15.0. The van der Waals surface area contributed by atoms with Gasteiger partial charge in [0.15, 0.2) is 0 Å². The molecule has 4 aromatic carbocycles. The van der Waals surface area contributed by atoms with Crippen LogP contribution in [0.15, 0.2) is 104 Å². The number of nitrogens with zero attached hydrogens (tertiary/aromatic N) is 2. The molecule has 1 aromatic heterocycles. The Balaban J connectivity index is 1.37. The van der Waals surface area contributed by atoms with E-state index in [9.17, 15) is 0 Å². The molecular weight excluding hydrogens is 621 g/mol. The molecular formula is C43H46N3O2P. The molecule has 5 atom stereocenters. The lowest BCUT2D eigenvalue weighted by molar-refractivity contribution is 0.00171. The van der Waals surface area contributed by atoms with Crippen LogP contribution < -0.4 is 26.0 Å². The molecule has 0 spiro atoms. The fourth-order valence-electron chi connectivity index (χ4n) is 8.40. The number of nitrogens with one attached hydrogen (secondary N) is 1. The van der Waals surface area contributed by atoms with E-state index in [-0.39, 0.29) is 18.0 Å². The van der Waals surface area contributed by atoms with Crippen molar-refractivity contribution in [1.82, 2.24) is 15.2 Å². The van der Waals surface area contributed by atoms with Gasteiger partial charge in [0.05, 0.1) is 18.7 Å². The lowest BCUT2D eigenvalue weighted by Gasteiger charge is -2.51. The molecule has 3 fully saturated rings. The molecule has 2 bridgehead atoms. The maximum atomic E-state index is 15.0. The number of benzene rings is 4. The zero-order chi connectivity index (χ0) is 34.2. The molecule has 3 aliphatic rings. The van der Waals surface area contributed by atoms with E-state index in [1.807, 2.05) is 30.5 Å². The van der Waals surface area contributed by atoms with Gasteiger partial charge in [-0.2, -0.15) is 0 Å². The number of rotatable bonds is 9. The molecule has 8 rings (SSSR count). The van der Waals surface area contributed by atoms with E-state index in [2.05, 4.69) is 111 Å². The van der Waals surface area contributed by atoms with Crippen LogP contribution in [0, 0.1) is 39.5 Å². The summed E-state index contributed by atoms with van der Waals surface area (Å²) in [6.45, 7) is 15.0. The Hall–Kier alpha value is -4.31. The third kappa shape index (κ3) is 6.20. The maximum Gasteiger partial charge on any atom is 0.252 e. The van der Waals surface area contributed by atoms with Crippen LogP contribution in [0.25, 0.3) is 10.9 Å². The highest BCUT2D eigenvalue weighted by Gasteiger charge is 2.43. The molecule has 5 aromatic rings. The van der Waals surface area contributed by atoms with E-state index in [0.29, 0.717) is 11.8 Å². The van der Waals surface area contributed by atoms with Crippen molar-refractivity contribution in [1.29, 1.82) is 0 Å². The van der Waals surface area contributed by atoms with Gasteiger partial charge in [-0.15, -0.1) is 6.58 Å². The van der Waals surface area contributed by atoms with Crippen LogP contribution in [0.3, 0.4) is 0 Å². The van der Waals surface area contributed by atoms with Gasteiger partial charge in [-0.3, -0.25) is 14.7 Å². The van der Waals surface area contributed by atoms with E-state index in [1.165, 1.54) is 32.9 Å². The summed E-state index contributed by atoms with van der Waals surface area (Å²) in [5.74, 6) is 1.78. The molecule has 250 valence electrons. The standard InChI is InChI=1S/C43H46N3O2P/c1-7-31-26-46-23-21-32(31)24-38(46)40(34-20-22-44-37-19-18-33(48-6)25-36(34)37)45-43(47)35-16-8-9-17-39(35)49(41-27(2)12-10-13-28(41)3)42-29(4)14-11-15-30(42)5/h7-20,22,25,31-32,38,40H,1,21,23-24,26H2,2-6H3,(H,45,47). The molecule has 4 heterocycles. The number of carbonyl (C=O) groups excluding carboxylic acids is 1. The quantitative estimate of drug-likeness (QED) is 0.130. The van der Waals surface area contributed by atoms with Crippen molar-refractivity contribution in [2.45, 2.75) is 52.6 Å². The number of amides is 1. The van der Waals surface area contributed by atoms with Crippen LogP contribution in [0.4, 0.5) is 0 Å².